The van der Waals surface area contributed by atoms with E-state index >= 15 is 0 Å². The smallest absolute Gasteiger partial charge is 0.0849 e. The summed E-state index contributed by atoms with van der Waals surface area (Å²) in [5.74, 6) is 0. The van der Waals surface area contributed by atoms with Crippen LogP contribution in [0.3, 0.4) is 0 Å². The van der Waals surface area contributed by atoms with Crippen LogP contribution in [0.5, 0.6) is 0 Å². The van der Waals surface area contributed by atoms with Crippen molar-refractivity contribution in [3.8, 4) is 0 Å². The zero-order valence-corrected chi connectivity index (χ0v) is 7.43. The Balaban J connectivity index is 3.45. The van der Waals surface area contributed by atoms with Crippen molar-refractivity contribution in [3.63, 3.8) is 0 Å². The summed E-state index contributed by atoms with van der Waals surface area (Å²) >= 11 is 0. The minimum Gasteiger partial charge on any atom is -0.393 e. The minimum atomic E-state index is -0.907. The highest BCUT2D eigenvalue weighted by atomic mass is 16.3. The summed E-state index contributed by atoms with van der Waals surface area (Å²) in [5, 5.41) is 18.0. The summed E-state index contributed by atoms with van der Waals surface area (Å²) in [5.41, 5.74) is 0.217. The first kappa shape index (κ1) is 10.7. The van der Waals surface area contributed by atoms with Crippen LogP contribution < -0.4 is 0 Å². The molecule has 2 nitrogen and oxygen atoms in total. The van der Waals surface area contributed by atoms with E-state index in [4.69, 9.17) is 5.11 Å². The minimum absolute atomic E-state index is 0.164. The van der Waals surface area contributed by atoms with Gasteiger partial charge in [0.05, 0.1) is 12.2 Å². The van der Waals surface area contributed by atoms with Crippen molar-refractivity contribution in [2.75, 3.05) is 6.61 Å². The highest BCUT2D eigenvalue weighted by Crippen LogP contribution is 2.14. The summed E-state index contributed by atoms with van der Waals surface area (Å²) in [6.07, 6.45) is 2.45. The van der Waals surface area contributed by atoms with Crippen molar-refractivity contribution < 1.29 is 10.2 Å². The summed E-state index contributed by atoms with van der Waals surface area (Å²) in [7, 11) is 0. The lowest BCUT2D eigenvalue weighted by atomic mass is 9.99. The van der Waals surface area contributed by atoms with Gasteiger partial charge in [0.1, 0.15) is 0 Å². The molecule has 0 fully saturated rings. The molecule has 0 aromatic carbocycles. The van der Waals surface area contributed by atoms with Crippen LogP contribution in [-0.4, -0.2) is 22.4 Å². The number of aliphatic hydroxyl groups excluding tert-OH is 1. The van der Waals surface area contributed by atoms with Crippen molar-refractivity contribution in [1.29, 1.82) is 0 Å². The van der Waals surface area contributed by atoms with Crippen molar-refractivity contribution >= 4 is 0 Å². The lowest BCUT2D eigenvalue weighted by molar-refractivity contribution is -0.00639. The van der Waals surface area contributed by atoms with E-state index in [1.54, 1.807) is 6.92 Å². The van der Waals surface area contributed by atoms with Crippen LogP contribution in [0.1, 0.15) is 33.1 Å². The Morgan fingerprint density at radius 2 is 2.09 bits per heavy atom. The van der Waals surface area contributed by atoms with E-state index in [1.165, 1.54) is 0 Å². The quantitative estimate of drug-likeness (QED) is 0.595. The van der Waals surface area contributed by atoms with Gasteiger partial charge in [0.25, 0.3) is 0 Å². The molecule has 0 aliphatic rings. The molecule has 0 aromatic heterocycles. The second kappa shape index (κ2) is 4.52. The topological polar surface area (TPSA) is 40.5 Å². The first-order valence-electron chi connectivity index (χ1n) is 3.95. The standard InChI is InChI=1S/C9H18O2/c1-8(2)5-4-6-9(3,11)7-10/h10-11H,1,4-7H2,2-3H3. The van der Waals surface area contributed by atoms with Gasteiger partial charge in [-0.2, -0.15) is 0 Å². The molecule has 1 unspecified atom stereocenters. The Kier molecular flexibility index (Phi) is 4.38. The molecule has 0 saturated heterocycles. The Morgan fingerprint density at radius 3 is 2.45 bits per heavy atom. The van der Waals surface area contributed by atoms with Crippen LogP contribution in [0.15, 0.2) is 12.2 Å². The second-order valence-corrected chi connectivity index (χ2v) is 3.47. The molecule has 0 saturated carbocycles. The average molecular weight is 158 g/mol. The van der Waals surface area contributed by atoms with Gasteiger partial charge in [-0.05, 0) is 33.1 Å². The predicted molar refractivity (Wildman–Crippen MR) is 46.4 cm³/mol. The molecule has 2 heteroatoms. The van der Waals surface area contributed by atoms with Crippen LogP contribution in [0.2, 0.25) is 0 Å². The number of rotatable bonds is 5. The predicted octanol–water partition coefficient (Wildman–Crippen LogP) is 1.48. The normalized spacial score (nSPS) is 16.0. The average Bonchev–Trinajstić information content (AvgIpc) is 1.87. The molecular formula is C9H18O2. The highest BCUT2D eigenvalue weighted by molar-refractivity contribution is 4.88. The Bertz CT molecular complexity index is 128. The fraction of sp³-hybridized carbons (Fsp3) is 0.778. The molecule has 0 spiro atoms. The maximum Gasteiger partial charge on any atom is 0.0849 e. The van der Waals surface area contributed by atoms with Crippen LogP contribution in [-0.2, 0) is 0 Å². The molecule has 0 amide bonds. The van der Waals surface area contributed by atoms with E-state index in [2.05, 4.69) is 6.58 Å². The summed E-state index contributed by atoms with van der Waals surface area (Å²) in [6.45, 7) is 7.20. The number of aliphatic hydroxyl groups is 2. The van der Waals surface area contributed by atoms with Crippen molar-refractivity contribution in [1.82, 2.24) is 0 Å². The Morgan fingerprint density at radius 1 is 1.55 bits per heavy atom. The van der Waals surface area contributed by atoms with Gasteiger partial charge >= 0.3 is 0 Å². The summed E-state index contributed by atoms with van der Waals surface area (Å²) in [4.78, 5) is 0. The second-order valence-electron chi connectivity index (χ2n) is 3.47. The molecule has 0 aromatic rings. The van der Waals surface area contributed by atoms with E-state index in [-0.39, 0.29) is 6.61 Å². The van der Waals surface area contributed by atoms with Crippen molar-refractivity contribution in [2.24, 2.45) is 0 Å². The summed E-state index contributed by atoms with van der Waals surface area (Å²) in [6, 6.07) is 0. The highest BCUT2D eigenvalue weighted by Gasteiger charge is 2.17. The fourth-order valence-electron chi connectivity index (χ4n) is 0.850. The molecule has 11 heavy (non-hydrogen) atoms. The fourth-order valence-corrected chi connectivity index (χ4v) is 0.850. The van der Waals surface area contributed by atoms with E-state index in [0.717, 1.165) is 18.4 Å². The molecule has 2 N–H and O–H groups in total. The molecule has 0 bridgehead atoms. The zero-order chi connectivity index (χ0) is 8.91. The zero-order valence-electron chi connectivity index (χ0n) is 7.43. The third-order valence-corrected chi connectivity index (χ3v) is 1.66. The van der Waals surface area contributed by atoms with E-state index < -0.39 is 5.60 Å². The summed E-state index contributed by atoms with van der Waals surface area (Å²) < 4.78 is 0. The van der Waals surface area contributed by atoms with Crippen LogP contribution in [0, 0.1) is 0 Å². The Labute approximate surface area is 68.6 Å². The van der Waals surface area contributed by atoms with Crippen LogP contribution in [0.25, 0.3) is 0 Å². The number of hydrogen-bond donors (Lipinski definition) is 2. The van der Waals surface area contributed by atoms with Gasteiger partial charge < -0.3 is 10.2 Å². The van der Waals surface area contributed by atoms with E-state index in [9.17, 15) is 5.11 Å². The van der Waals surface area contributed by atoms with Gasteiger partial charge in [0.2, 0.25) is 0 Å². The third-order valence-electron chi connectivity index (χ3n) is 1.66. The third kappa shape index (κ3) is 6.07. The monoisotopic (exact) mass is 158 g/mol. The van der Waals surface area contributed by atoms with Gasteiger partial charge in [0.15, 0.2) is 0 Å². The first-order valence-corrected chi connectivity index (χ1v) is 3.95. The van der Waals surface area contributed by atoms with E-state index in [0.29, 0.717) is 6.42 Å². The molecule has 1 atom stereocenters. The van der Waals surface area contributed by atoms with Crippen molar-refractivity contribution in [3.05, 3.63) is 12.2 Å². The lowest BCUT2D eigenvalue weighted by Crippen LogP contribution is -2.28. The molecular weight excluding hydrogens is 140 g/mol. The van der Waals surface area contributed by atoms with Gasteiger partial charge in [0, 0.05) is 0 Å². The molecule has 0 radical (unpaired) electrons. The molecule has 0 aliphatic heterocycles. The van der Waals surface area contributed by atoms with E-state index in [1.807, 2.05) is 6.92 Å². The molecule has 0 rings (SSSR count). The maximum atomic E-state index is 9.36. The molecule has 0 aliphatic carbocycles. The maximum absolute atomic E-state index is 9.36. The van der Waals surface area contributed by atoms with Gasteiger partial charge in [-0.1, -0.05) is 5.57 Å². The van der Waals surface area contributed by atoms with Crippen LogP contribution in [0.4, 0.5) is 0 Å². The Hall–Kier alpha value is -0.340. The number of hydrogen-bond acceptors (Lipinski definition) is 2. The first-order chi connectivity index (χ1) is 4.98. The van der Waals surface area contributed by atoms with Gasteiger partial charge in [-0.25, -0.2) is 0 Å². The van der Waals surface area contributed by atoms with Crippen LogP contribution >= 0.6 is 0 Å². The molecule has 66 valence electrons. The molecule has 0 heterocycles. The number of allylic oxidation sites excluding steroid dienone is 1. The van der Waals surface area contributed by atoms with Crippen molar-refractivity contribution in [2.45, 2.75) is 38.7 Å². The SMILES string of the molecule is C=C(C)CCCC(C)(O)CO. The van der Waals surface area contributed by atoms with Gasteiger partial charge in [-0.15, -0.1) is 6.58 Å². The largest absolute Gasteiger partial charge is 0.393 e. The lowest BCUT2D eigenvalue weighted by Gasteiger charge is -2.19. The van der Waals surface area contributed by atoms with Gasteiger partial charge in [-0.3, -0.25) is 0 Å².